The molecule has 2 aromatic rings. The molecule has 16 heavy (non-hydrogen) atoms. The number of nitro benzene ring substituents is 1. The highest BCUT2D eigenvalue weighted by atomic mass is 35.5. The van der Waals surface area contributed by atoms with E-state index in [1.165, 1.54) is 24.5 Å². The molecule has 0 spiro atoms. The molecule has 0 saturated heterocycles. The van der Waals surface area contributed by atoms with Crippen molar-refractivity contribution in [3.05, 3.63) is 51.9 Å². The number of hydrogen-bond acceptors (Lipinski definition) is 4. The molecule has 0 amide bonds. The highest BCUT2D eigenvalue weighted by Gasteiger charge is 2.05. The number of aromatic nitrogens is 2. The second-order valence-electron chi connectivity index (χ2n) is 3.03. The summed E-state index contributed by atoms with van der Waals surface area (Å²) in [6, 6.07) is 6.09. The number of hydrogen-bond donors (Lipinski definition) is 0. The SMILES string of the molecule is O=[N+]([O-])c1ccc(-c2cnc(Cl)cn2)cc1. The smallest absolute Gasteiger partial charge is 0.258 e. The van der Waals surface area contributed by atoms with Crippen LogP contribution in [0.15, 0.2) is 36.7 Å². The van der Waals surface area contributed by atoms with Gasteiger partial charge in [0.05, 0.1) is 23.0 Å². The highest BCUT2D eigenvalue weighted by molar-refractivity contribution is 6.29. The van der Waals surface area contributed by atoms with E-state index in [0.29, 0.717) is 10.8 Å². The van der Waals surface area contributed by atoms with Gasteiger partial charge in [0.25, 0.3) is 5.69 Å². The van der Waals surface area contributed by atoms with Crippen LogP contribution in [0.25, 0.3) is 11.3 Å². The standard InChI is InChI=1S/C10H6ClN3O2/c11-10-6-12-9(5-13-10)7-1-3-8(4-2-7)14(15)16/h1-6H. The first-order chi connectivity index (χ1) is 7.66. The molecule has 5 nitrogen and oxygen atoms in total. The third-order valence-corrected chi connectivity index (χ3v) is 2.19. The Labute approximate surface area is 95.9 Å². The van der Waals surface area contributed by atoms with Crippen molar-refractivity contribution in [2.45, 2.75) is 0 Å². The zero-order valence-electron chi connectivity index (χ0n) is 8.00. The van der Waals surface area contributed by atoms with Crippen LogP contribution in [-0.2, 0) is 0 Å². The van der Waals surface area contributed by atoms with Crippen LogP contribution in [0, 0.1) is 10.1 Å². The summed E-state index contributed by atoms with van der Waals surface area (Å²) in [5, 5.41) is 10.8. The van der Waals surface area contributed by atoms with Crippen LogP contribution in [0.1, 0.15) is 0 Å². The van der Waals surface area contributed by atoms with E-state index in [2.05, 4.69) is 9.97 Å². The maximum atomic E-state index is 10.5. The zero-order valence-corrected chi connectivity index (χ0v) is 8.76. The van der Waals surface area contributed by atoms with E-state index in [1.54, 1.807) is 12.1 Å². The Morgan fingerprint density at radius 3 is 2.31 bits per heavy atom. The van der Waals surface area contributed by atoms with Crippen LogP contribution in [0.2, 0.25) is 5.15 Å². The first-order valence-corrected chi connectivity index (χ1v) is 4.77. The molecule has 1 heterocycles. The molecule has 0 N–H and O–H groups in total. The summed E-state index contributed by atoms with van der Waals surface area (Å²) in [6.07, 6.45) is 2.95. The van der Waals surface area contributed by atoms with Gasteiger partial charge in [0, 0.05) is 17.7 Å². The summed E-state index contributed by atoms with van der Waals surface area (Å²) in [7, 11) is 0. The monoisotopic (exact) mass is 235 g/mol. The second-order valence-corrected chi connectivity index (χ2v) is 3.42. The van der Waals surface area contributed by atoms with E-state index < -0.39 is 4.92 Å². The van der Waals surface area contributed by atoms with Gasteiger partial charge in [-0.3, -0.25) is 15.1 Å². The summed E-state index contributed by atoms with van der Waals surface area (Å²) in [6.45, 7) is 0. The minimum atomic E-state index is -0.447. The van der Waals surface area contributed by atoms with E-state index in [9.17, 15) is 10.1 Å². The van der Waals surface area contributed by atoms with E-state index >= 15 is 0 Å². The molecule has 0 aliphatic heterocycles. The number of halogens is 1. The van der Waals surface area contributed by atoms with Crippen LogP contribution in [0.5, 0.6) is 0 Å². The lowest BCUT2D eigenvalue weighted by molar-refractivity contribution is -0.384. The van der Waals surface area contributed by atoms with Crippen molar-refractivity contribution in [2.75, 3.05) is 0 Å². The summed E-state index contributed by atoms with van der Waals surface area (Å²) in [5.74, 6) is 0. The van der Waals surface area contributed by atoms with Crippen LogP contribution < -0.4 is 0 Å². The largest absolute Gasteiger partial charge is 0.269 e. The van der Waals surface area contributed by atoms with Crippen molar-refractivity contribution in [1.29, 1.82) is 0 Å². The molecule has 0 aliphatic rings. The van der Waals surface area contributed by atoms with Gasteiger partial charge in [-0.1, -0.05) is 11.6 Å². The maximum absolute atomic E-state index is 10.5. The van der Waals surface area contributed by atoms with E-state index in [1.807, 2.05) is 0 Å². The molecule has 1 aromatic heterocycles. The summed E-state index contributed by atoms with van der Waals surface area (Å²) in [5.41, 5.74) is 1.43. The van der Waals surface area contributed by atoms with Crippen LogP contribution >= 0.6 is 11.6 Å². The van der Waals surface area contributed by atoms with Crippen molar-refractivity contribution in [3.8, 4) is 11.3 Å². The zero-order chi connectivity index (χ0) is 11.5. The fourth-order valence-electron chi connectivity index (χ4n) is 1.22. The minimum Gasteiger partial charge on any atom is -0.258 e. The number of nitro groups is 1. The molecule has 1 aromatic carbocycles. The fourth-order valence-corrected chi connectivity index (χ4v) is 1.31. The molecule has 0 unspecified atom stereocenters. The Morgan fingerprint density at radius 1 is 1.12 bits per heavy atom. The van der Waals surface area contributed by atoms with Gasteiger partial charge in [0.1, 0.15) is 5.15 Å². The molecule has 6 heteroatoms. The molecular formula is C10H6ClN3O2. The lowest BCUT2D eigenvalue weighted by Gasteiger charge is -1.99. The number of non-ortho nitro benzene ring substituents is 1. The first-order valence-electron chi connectivity index (χ1n) is 4.39. The highest BCUT2D eigenvalue weighted by Crippen LogP contribution is 2.20. The van der Waals surface area contributed by atoms with Crippen molar-refractivity contribution in [3.63, 3.8) is 0 Å². The molecule has 0 radical (unpaired) electrons. The minimum absolute atomic E-state index is 0.0469. The number of nitrogens with zero attached hydrogens (tertiary/aromatic N) is 3. The average Bonchev–Trinajstić information content (AvgIpc) is 2.30. The normalized spacial score (nSPS) is 10.1. The molecule has 0 fully saturated rings. The van der Waals surface area contributed by atoms with Crippen LogP contribution in [-0.4, -0.2) is 14.9 Å². The molecular weight excluding hydrogens is 230 g/mol. The predicted molar refractivity (Wildman–Crippen MR) is 59.1 cm³/mol. The van der Waals surface area contributed by atoms with E-state index in [0.717, 1.165) is 5.56 Å². The van der Waals surface area contributed by atoms with Gasteiger partial charge in [-0.05, 0) is 12.1 Å². The lowest BCUT2D eigenvalue weighted by Crippen LogP contribution is -1.89. The van der Waals surface area contributed by atoms with E-state index in [-0.39, 0.29) is 5.69 Å². The van der Waals surface area contributed by atoms with Crippen molar-refractivity contribution < 1.29 is 4.92 Å². The van der Waals surface area contributed by atoms with Crippen molar-refractivity contribution in [2.24, 2.45) is 0 Å². The summed E-state index contributed by atoms with van der Waals surface area (Å²) < 4.78 is 0. The van der Waals surface area contributed by atoms with Gasteiger partial charge >= 0.3 is 0 Å². The van der Waals surface area contributed by atoms with Gasteiger partial charge in [-0.25, -0.2) is 4.98 Å². The fraction of sp³-hybridized carbons (Fsp3) is 0. The third-order valence-electron chi connectivity index (χ3n) is 1.99. The summed E-state index contributed by atoms with van der Waals surface area (Å²) in [4.78, 5) is 17.9. The Hall–Kier alpha value is -2.01. The van der Waals surface area contributed by atoms with Gasteiger partial charge < -0.3 is 0 Å². The second kappa shape index (κ2) is 4.24. The van der Waals surface area contributed by atoms with Crippen molar-refractivity contribution >= 4 is 17.3 Å². The molecule has 80 valence electrons. The molecule has 0 bridgehead atoms. The lowest BCUT2D eigenvalue weighted by atomic mass is 10.1. The third kappa shape index (κ3) is 2.14. The number of rotatable bonds is 2. The molecule has 0 atom stereocenters. The first kappa shape index (κ1) is 10.5. The Bertz CT molecular complexity index is 511. The molecule has 0 saturated carbocycles. The number of benzene rings is 1. The molecule has 2 rings (SSSR count). The quantitative estimate of drug-likeness (QED) is 0.593. The van der Waals surface area contributed by atoms with Crippen molar-refractivity contribution in [1.82, 2.24) is 9.97 Å². The van der Waals surface area contributed by atoms with Gasteiger partial charge in [-0.2, -0.15) is 0 Å². The maximum Gasteiger partial charge on any atom is 0.269 e. The predicted octanol–water partition coefficient (Wildman–Crippen LogP) is 2.71. The van der Waals surface area contributed by atoms with Gasteiger partial charge in [0.2, 0.25) is 0 Å². The Morgan fingerprint density at radius 2 is 1.81 bits per heavy atom. The Balaban J connectivity index is 2.34. The van der Waals surface area contributed by atoms with E-state index in [4.69, 9.17) is 11.6 Å². The van der Waals surface area contributed by atoms with Crippen LogP contribution in [0.4, 0.5) is 5.69 Å². The average molecular weight is 236 g/mol. The van der Waals surface area contributed by atoms with Crippen LogP contribution in [0.3, 0.4) is 0 Å². The molecule has 0 aliphatic carbocycles. The van der Waals surface area contributed by atoms with Gasteiger partial charge in [-0.15, -0.1) is 0 Å². The Kier molecular flexibility index (Phi) is 2.78. The van der Waals surface area contributed by atoms with Gasteiger partial charge in [0.15, 0.2) is 0 Å². The topological polar surface area (TPSA) is 68.9 Å². The summed E-state index contributed by atoms with van der Waals surface area (Å²) >= 11 is 5.60.